The van der Waals surface area contributed by atoms with E-state index in [1.807, 2.05) is 0 Å². The minimum Gasteiger partial charge on any atom is -0.481 e. The molecular formula is C14H30O6. The molecule has 0 spiro atoms. The number of carboxylic acids is 2. The van der Waals surface area contributed by atoms with Crippen LogP contribution < -0.4 is 0 Å². The highest BCUT2D eigenvalue weighted by Gasteiger charge is 2.19. The van der Waals surface area contributed by atoms with E-state index in [2.05, 4.69) is 0 Å². The van der Waals surface area contributed by atoms with Crippen LogP contribution in [0.25, 0.3) is 0 Å². The molecule has 0 amide bonds. The van der Waals surface area contributed by atoms with Crippen molar-refractivity contribution in [2.45, 2.75) is 78.4 Å². The summed E-state index contributed by atoms with van der Waals surface area (Å²) in [7, 11) is 0. The smallest absolute Gasteiger partial charge is 0.303 e. The quantitative estimate of drug-likeness (QED) is 0.618. The van der Waals surface area contributed by atoms with Crippen molar-refractivity contribution in [2.75, 3.05) is 0 Å². The van der Waals surface area contributed by atoms with Crippen LogP contribution in [0.4, 0.5) is 0 Å². The van der Waals surface area contributed by atoms with Crippen LogP contribution in [0.5, 0.6) is 0 Å². The van der Waals surface area contributed by atoms with Crippen LogP contribution in [0.3, 0.4) is 0 Å². The lowest BCUT2D eigenvalue weighted by atomic mass is 9.94. The predicted molar refractivity (Wildman–Crippen MR) is 77.7 cm³/mol. The Morgan fingerprint density at radius 3 is 0.950 bits per heavy atom. The fourth-order valence-electron chi connectivity index (χ4n) is 0.612. The summed E-state index contributed by atoms with van der Waals surface area (Å²) in [6.45, 7) is 10.2. The van der Waals surface area contributed by atoms with Gasteiger partial charge in [-0.25, -0.2) is 0 Å². The summed E-state index contributed by atoms with van der Waals surface area (Å²) in [6.07, 6.45) is 1.72. The Labute approximate surface area is 121 Å². The van der Waals surface area contributed by atoms with Crippen LogP contribution in [0.15, 0.2) is 0 Å². The molecule has 0 rings (SSSR count). The van der Waals surface area contributed by atoms with Crippen molar-refractivity contribution in [1.82, 2.24) is 0 Å². The zero-order valence-corrected chi connectivity index (χ0v) is 13.4. The molecular weight excluding hydrogens is 264 g/mol. The first kappa shape index (κ1) is 23.9. The molecule has 0 aliphatic carbocycles. The first-order valence-electron chi connectivity index (χ1n) is 6.63. The second-order valence-corrected chi connectivity index (χ2v) is 5.62. The van der Waals surface area contributed by atoms with E-state index in [0.29, 0.717) is 12.8 Å². The summed E-state index contributed by atoms with van der Waals surface area (Å²) in [4.78, 5) is 18.7. The van der Waals surface area contributed by atoms with Gasteiger partial charge in [0.15, 0.2) is 0 Å². The van der Waals surface area contributed by atoms with Crippen LogP contribution in [0.1, 0.15) is 67.2 Å². The molecule has 0 heterocycles. The van der Waals surface area contributed by atoms with Crippen molar-refractivity contribution in [3.8, 4) is 0 Å². The lowest BCUT2D eigenvalue weighted by molar-refractivity contribution is -0.137. The lowest BCUT2D eigenvalue weighted by Crippen LogP contribution is -2.26. The molecule has 122 valence electrons. The molecule has 0 radical (unpaired) electrons. The summed E-state index contributed by atoms with van der Waals surface area (Å²) in [6, 6.07) is 0. The second kappa shape index (κ2) is 11.7. The first-order valence-corrected chi connectivity index (χ1v) is 6.63. The van der Waals surface area contributed by atoms with E-state index in [1.165, 1.54) is 0 Å². The first-order chi connectivity index (χ1) is 8.75. The monoisotopic (exact) mass is 294 g/mol. The van der Waals surface area contributed by atoms with Gasteiger partial charge in [0.25, 0.3) is 0 Å². The average Bonchev–Trinajstić information content (AvgIpc) is 2.26. The number of rotatable bonds is 5. The second-order valence-electron chi connectivity index (χ2n) is 5.62. The Balaban J connectivity index is -0.000000244. The summed E-state index contributed by atoms with van der Waals surface area (Å²) in [5.41, 5.74) is -1.31. The van der Waals surface area contributed by atoms with Gasteiger partial charge in [-0.1, -0.05) is 13.8 Å². The molecule has 0 fully saturated rings. The molecule has 0 aliphatic rings. The molecule has 4 N–H and O–H groups in total. The van der Waals surface area contributed by atoms with Crippen molar-refractivity contribution >= 4 is 11.9 Å². The lowest BCUT2D eigenvalue weighted by Gasteiger charge is -2.23. The molecule has 0 saturated carbocycles. The van der Waals surface area contributed by atoms with Gasteiger partial charge in [-0.15, -0.1) is 0 Å². The van der Waals surface area contributed by atoms with Crippen molar-refractivity contribution in [2.24, 2.45) is 0 Å². The molecule has 20 heavy (non-hydrogen) atoms. The topological polar surface area (TPSA) is 115 Å². The molecule has 0 aromatic heterocycles. The van der Waals surface area contributed by atoms with Crippen LogP contribution >= 0.6 is 0 Å². The molecule has 0 atom stereocenters. The van der Waals surface area contributed by atoms with Gasteiger partial charge in [0, 0.05) is 12.8 Å². The molecule has 0 aromatic carbocycles. The van der Waals surface area contributed by atoms with Gasteiger partial charge in [-0.3, -0.25) is 9.59 Å². The Kier molecular flexibility index (Phi) is 14.0. The highest BCUT2D eigenvalue weighted by molar-refractivity contribution is 5.66. The number of aliphatic carboxylic acids is 2. The minimum atomic E-state index is -0.745. The number of hydrogen-bond acceptors (Lipinski definition) is 4. The number of carbonyl (C=O) groups is 2. The fourth-order valence-corrected chi connectivity index (χ4v) is 0.612. The minimum absolute atomic E-state index is 0.222. The van der Waals surface area contributed by atoms with E-state index >= 15 is 0 Å². The largest absolute Gasteiger partial charge is 0.481 e. The van der Waals surface area contributed by atoms with E-state index in [9.17, 15) is 19.8 Å². The van der Waals surface area contributed by atoms with E-state index in [1.54, 1.807) is 41.5 Å². The summed E-state index contributed by atoms with van der Waals surface area (Å²) in [5.74, 6) is -1.49. The molecule has 0 saturated heterocycles. The third-order valence-corrected chi connectivity index (χ3v) is 1.95. The number of carboxylic acid groups (broad SMARTS) is 2. The van der Waals surface area contributed by atoms with E-state index in [-0.39, 0.29) is 12.8 Å². The Morgan fingerprint density at radius 2 is 0.900 bits per heavy atom. The Hall–Kier alpha value is -1.14. The molecule has 0 bridgehead atoms. The van der Waals surface area contributed by atoms with Gasteiger partial charge < -0.3 is 20.4 Å². The molecule has 6 nitrogen and oxygen atoms in total. The van der Waals surface area contributed by atoms with Gasteiger partial charge in [0.05, 0.1) is 11.2 Å². The maximum absolute atomic E-state index is 9.37. The standard InChI is InChI=1S/C8H18O2.2C3H6O2/c1-7(2,9)5-6-8(3,4)10;2*1-2-3(4)5/h9-10H,5-6H2,1-4H3;2*2H2,1H3,(H,4,5). The fraction of sp³-hybridized carbons (Fsp3) is 0.857. The third-order valence-electron chi connectivity index (χ3n) is 1.95. The van der Waals surface area contributed by atoms with Gasteiger partial charge in [-0.2, -0.15) is 0 Å². The molecule has 0 aromatic rings. The maximum atomic E-state index is 9.37. The SMILES string of the molecule is CC(C)(O)CCC(C)(C)O.CCC(=O)O.CCC(=O)O. The van der Waals surface area contributed by atoms with Gasteiger partial charge >= 0.3 is 11.9 Å². The molecule has 0 unspecified atom stereocenters. The highest BCUT2D eigenvalue weighted by atomic mass is 16.4. The van der Waals surface area contributed by atoms with Crippen molar-refractivity contribution in [3.05, 3.63) is 0 Å². The summed E-state index contributed by atoms with van der Waals surface area (Å²) in [5, 5.41) is 34.0. The maximum Gasteiger partial charge on any atom is 0.303 e. The van der Waals surface area contributed by atoms with E-state index in [4.69, 9.17) is 10.2 Å². The van der Waals surface area contributed by atoms with Crippen LogP contribution in [-0.4, -0.2) is 43.6 Å². The van der Waals surface area contributed by atoms with E-state index < -0.39 is 23.1 Å². The van der Waals surface area contributed by atoms with Gasteiger partial charge in [0.2, 0.25) is 0 Å². The number of hydrogen-bond donors (Lipinski definition) is 4. The zero-order valence-electron chi connectivity index (χ0n) is 13.4. The zero-order chi connectivity index (χ0) is 17.0. The van der Waals surface area contributed by atoms with Crippen molar-refractivity contribution in [1.29, 1.82) is 0 Å². The Morgan fingerprint density at radius 1 is 0.750 bits per heavy atom. The predicted octanol–water partition coefficient (Wildman–Crippen LogP) is 2.27. The van der Waals surface area contributed by atoms with Crippen molar-refractivity contribution < 1.29 is 30.0 Å². The normalized spacial score (nSPS) is 10.6. The van der Waals surface area contributed by atoms with Crippen LogP contribution in [-0.2, 0) is 9.59 Å². The van der Waals surface area contributed by atoms with Gasteiger partial charge in [0.1, 0.15) is 0 Å². The third kappa shape index (κ3) is 43.6. The number of aliphatic hydroxyl groups is 2. The van der Waals surface area contributed by atoms with Gasteiger partial charge in [-0.05, 0) is 40.5 Å². The van der Waals surface area contributed by atoms with Crippen LogP contribution in [0.2, 0.25) is 0 Å². The van der Waals surface area contributed by atoms with Crippen LogP contribution in [0, 0.1) is 0 Å². The molecule has 0 aliphatic heterocycles. The van der Waals surface area contributed by atoms with Crippen molar-refractivity contribution in [3.63, 3.8) is 0 Å². The summed E-state index contributed by atoms with van der Waals surface area (Å²) >= 11 is 0. The molecule has 6 heteroatoms. The Bertz CT molecular complexity index is 232. The summed E-state index contributed by atoms with van der Waals surface area (Å²) < 4.78 is 0. The van der Waals surface area contributed by atoms with E-state index in [0.717, 1.165) is 0 Å². The average molecular weight is 294 g/mol. The highest BCUT2D eigenvalue weighted by Crippen LogP contribution is 2.17.